The summed E-state index contributed by atoms with van der Waals surface area (Å²) in [6.45, 7) is 0. The lowest BCUT2D eigenvalue weighted by Gasteiger charge is -2.17. The van der Waals surface area contributed by atoms with Gasteiger partial charge in [0.1, 0.15) is 0 Å². The molecule has 0 radical (unpaired) electrons. The minimum absolute atomic E-state index is 0.594. The number of nitrogens with zero attached hydrogens (tertiary/aromatic N) is 7. The Hall–Kier alpha value is -3.01. The minimum atomic E-state index is 0.594. The van der Waals surface area contributed by atoms with Crippen LogP contribution in [0.5, 0.6) is 0 Å². The summed E-state index contributed by atoms with van der Waals surface area (Å²) in [7, 11) is 1.89. The van der Waals surface area contributed by atoms with E-state index in [0.29, 0.717) is 17.0 Å². The molecule has 2 heterocycles. The number of nitriles is 1. The van der Waals surface area contributed by atoms with Gasteiger partial charge in [-0.15, -0.1) is 14.8 Å². The van der Waals surface area contributed by atoms with E-state index in [0.717, 1.165) is 5.69 Å². The van der Waals surface area contributed by atoms with Crippen molar-refractivity contribution in [1.29, 1.82) is 5.26 Å². The molecule has 7 heteroatoms. The summed E-state index contributed by atoms with van der Waals surface area (Å²) >= 11 is 0. The molecule has 0 amide bonds. The second kappa shape index (κ2) is 4.34. The standard InChI is InChI=1S/C12H9N7/c1-18(10-4-2-9(8-13)3-5-10)12-7-6-11-14-16-17-19(11)15-12/h2-7H,1H3. The van der Waals surface area contributed by atoms with Crippen molar-refractivity contribution < 1.29 is 0 Å². The van der Waals surface area contributed by atoms with Gasteiger partial charge in [0.15, 0.2) is 11.5 Å². The molecule has 2 aromatic heterocycles. The molecular formula is C12H9N7. The number of fused-ring (bicyclic) bond motifs is 1. The fourth-order valence-electron chi connectivity index (χ4n) is 1.71. The monoisotopic (exact) mass is 251 g/mol. The van der Waals surface area contributed by atoms with Crippen LogP contribution in [0.2, 0.25) is 0 Å². The van der Waals surface area contributed by atoms with Crippen molar-refractivity contribution in [3.05, 3.63) is 42.0 Å². The van der Waals surface area contributed by atoms with Crippen LogP contribution in [0.25, 0.3) is 5.65 Å². The Balaban J connectivity index is 1.97. The molecule has 0 aliphatic heterocycles. The van der Waals surface area contributed by atoms with Crippen LogP contribution in [0.15, 0.2) is 36.4 Å². The number of hydrogen-bond acceptors (Lipinski definition) is 6. The van der Waals surface area contributed by atoms with E-state index in [9.17, 15) is 0 Å². The first-order chi connectivity index (χ1) is 9.28. The van der Waals surface area contributed by atoms with Gasteiger partial charge in [-0.05, 0) is 46.8 Å². The van der Waals surface area contributed by atoms with Crippen molar-refractivity contribution in [2.75, 3.05) is 11.9 Å². The zero-order valence-electron chi connectivity index (χ0n) is 10.1. The third kappa shape index (κ3) is 1.95. The van der Waals surface area contributed by atoms with E-state index < -0.39 is 0 Å². The molecule has 3 rings (SSSR count). The van der Waals surface area contributed by atoms with Crippen LogP contribution in [0, 0.1) is 11.3 Å². The highest BCUT2D eigenvalue weighted by Crippen LogP contribution is 2.21. The van der Waals surface area contributed by atoms with Gasteiger partial charge in [-0.25, -0.2) is 0 Å². The van der Waals surface area contributed by atoms with Gasteiger partial charge in [-0.3, -0.25) is 0 Å². The van der Waals surface area contributed by atoms with E-state index in [4.69, 9.17) is 5.26 Å². The summed E-state index contributed by atoms with van der Waals surface area (Å²) in [6.07, 6.45) is 0. The molecule has 0 aliphatic rings. The van der Waals surface area contributed by atoms with Crippen molar-refractivity contribution in [2.45, 2.75) is 0 Å². The normalized spacial score (nSPS) is 10.3. The maximum absolute atomic E-state index is 8.78. The van der Waals surface area contributed by atoms with Crippen molar-refractivity contribution in [3.8, 4) is 6.07 Å². The van der Waals surface area contributed by atoms with Crippen molar-refractivity contribution in [3.63, 3.8) is 0 Å². The number of aromatic nitrogens is 5. The molecule has 0 saturated carbocycles. The smallest absolute Gasteiger partial charge is 0.200 e. The predicted molar refractivity (Wildman–Crippen MR) is 67.8 cm³/mol. The molecule has 0 atom stereocenters. The van der Waals surface area contributed by atoms with Crippen LogP contribution < -0.4 is 4.90 Å². The van der Waals surface area contributed by atoms with Gasteiger partial charge in [-0.2, -0.15) is 5.26 Å². The van der Waals surface area contributed by atoms with E-state index in [1.165, 1.54) is 4.63 Å². The maximum atomic E-state index is 8.78. The highest BCUT2D eigenvalue weighted by molar-refractivity contribution is 5.60. The number of benzene rings is 1. The van der Waals surface area contributed by atoms with Crippen LogP contribution in [-0.4, -0.2) is 32.3 Å². The molecule has 1 aromatic carbocycles. The Bertz CT molecular complexity index is 754. The van der Waals surface area contributed by atoms with Gasteiger partial charge in [-0.1, -0.05) is 0 Å². The van der Waals surface area contributed by atoms with Gasteiger partial charge < -0.3 is 4.90 Å². The maximum Gasteiger partial charge on any atom is 0.200 e. The number of hydrogen-bond donors (Lipinski definition) is 0. The van der Waals surface area contributed by atoms with Crippen LogP contribution in [0.4, 0.5) is 11.5 Å². The lowest BCUT2D eigenvalue weighted by molar-refractivity contribution is 0.731. The third-order valence-electron chi connectivity index (χ3n) is 2.78. The number of rotatable bonds is 2. The quantitative estimate of drug-likeness (QED) is 0.679. The molecule has 0 aliphatic carbocycles. The zero-order chi connectivity index (χ0) is 13.2. The summed E-state index contributed by atoms with van der Waals surface area (Å²) in [5.41, 5.74) is 2.15. The Morgan fingerprint density at radius 1 is 1.16 bits per heavy atom. The first-order valence-corrected chi connectivity index (χ1v) is 5.57. The fraction of sp³-hybridized carbons (Fsp3) is 0.0833. The zero-order valence-corrected chi connectivity index (χ0v) is 10.1. The van der Waals surface area contributed by atoms with Crippen LogP contribution in [0.1, 0.15) is 5.56 Å². The van der Waals surface area contributed by atoms with E-state index in [1.807, 2.05) is 30.1 Å². The fourth-order valence-corrected chi connectivity index (χ4v) is 1.71. The number of anilines is 2. The molecule has 0 bridgehead atoms. The summed E-state index contributed by atoms with van der Waals surface area (Å²) in [6, 6.07) is 13.0. The minimum Gasteiger partial charge on any atom is -0.328 e. The Labute approximate surface area is 108 Å². The van der Waals surface area contributed by atoms with E-state index in [2.05, 4.69) is 26.7 Å². The molecule has 0 unspecified atom stereocenters. The molecular weight excluding hydrogens is 242 g/mol. The summed E-state index contributed by atoms with van der Waals surface area (Å²) < 4.78 is 1.37. The molecule has 19 heavy (non-hydrogen) atoms. The average Bonchev–Trinajstić information content (AvgIpc) is 2.94. The lowest BCUT2D eigenvalue weighted by atomic mass is 10.2. The van der Waals surface area contributed by atoms with Gasteiger partial charge in [0.05, 0.1) is 11.6 Å². The van der Waals surface area contributed by atoms with Crippen molar-refractivity contribution >= 4 is 17.2 Å². The number of tetrazole rings is 1. The lowest BCUT2D eigenvalue weighted by Crippen LogP contribution is -2.13. The second-order valence-corrected chi connectivity index (χ2v) is 3.94. The Kier molecular flexibility index (Phi) is 2.54. The first-order valence-electron chi connectivity index (χ1n) is 5.57. The molecule has 92 valence electrons. The summed E-state index contributed by atoms with van der Waals surface area (Å²) in [5, 5.41) is 24.2. The topological polar surface area (TPSA) is 83.0 Å². The van der Waals surface area contributed by atoms with E-state index >= 15 is 0 Å². The highest BCUT2D eigenvalue weighted by atomic mass is 15.6. The van der Waals surface area contributed by atoms with Gasteiger partial charge in [0, 0.05) is 12.7 Å². The second-order valence-electron chi connectivity index (χ2n) is 3.94. The Morgan fingerprint density at radius 2 is 1.95 bits per heavy atom. The SMILES string of the molecule is CN(c1ccc(C#N)cc1)c1ccc2nnnn2n1. The van der Waals surface area contributed by atoms with E-state index in [-0.39, 0.29) is 0 Å². The van der Waals surface area contributed by atoms with Crippen LogP contribution in [-0.2, 0) is 0 Å². The van der Waals surface area contributed by atoms with Crippen molar-refractivity contribution in [1.82, 2.24) is 25.3 Å². The van der Waals surface area contributed by atoms with Crippen molar-refractivity contribution in [2.24, 2.45) is 0 Å². The highest BCUT2D eigenvalue weighted by Gasteiger charge is 2.07. The molecule has 0 spiro atoms. The molecule has 0 saturated heterocycles. The third-order valence-corrected chi connectivity index (χ3v) is 2.78. The molecule has 0 fully saturated rings. The van der Waals surface area contributed by atoms with E-state index in [1.54, 1.807) is 18.2 Å². The Morgan fingerprint density at radius 3 is 2.68 bits per heavy atom. The first kappa shape index (κ1) is 11.1. The molecule has 0 N–H and O–H groups in total. The van der Waals surface area contributed by atoms with Gasteiger partial charge in [0.25, 0.3) is 0 Å². The van der Waals surface area contributed by atoms with Crippen LogP contribution >= 0.6 is 0 Å². The summed E-state index contributed by atoms with van der Waals surface area (Å²) in [4.78, 5) is 1.89. The molecule has 7 nitrogen and oxygen atoms in total. The predicted octanol–water partition coefficient (Wildman–Crippen LogP) is 1.16. The van der Waals surface area contributed by atoms with Crippen LogP contribution in [0.3, 0.4) is 0 Å². The average molecular weight is 251 g/mol. The summed E-state index contributed by atoms with van der Waals surface area (Å²) in [5.74, 6) is 0.713. The molecule has 3 aromatic rings. The van der Waals surface area contributed by atoms with Gasteiger partial charge in [0.2, 0.25) is 0 Å². The van der Waals surface area contributed by atoms with Gasteiger partial charge >= 0.3 is 0 Å². The largest absolute Gasteiger partial charge is 0.328 e.